The molecule has 0 radical (unpaired) electrons. The standard InChI is InChI=1S/C16H16INO2/c1-11-5-3-4-6-15(11)18-16(19)12(2)20-14-9-7-13(17)8-10-14/h3-10,12H,1-2H3,(H,18,19)/t12-/m1/s1. The van der Waals surface area contributed by atoms with E-state index in [4.69, 9.17) is 4.74 Å². The van der Waals surface area contributed by atoms with Crippen LogP contribution in [0.3, 0.4) is 0 Å². The Kier molecular flexibility index (Phi) is 5.00. The fourth-order valence-corrected chi connectivity index (χ4v) is 2.08. The molecule has 0 heterocycles. The van der Waals surface area contributed by atoms with Gasteiger partial charge in [0.25, 0.3) is 5.91 Å². The minimum absolute atomic E-state index is 0.155. The van der Waals surface area contributed by atoms with E-state index in [0.717, 1.165) is 14.8 Å². The second-order valence-electron chi connectivity index (χ2n) is 4.52. The highest BCUT2D eigenvalue weighted by Gasteiger charge is 2.15. The maximum absolute atomic E-state index is 12.1. The van der Waals surface area contributed by atoms with Gasteiger partial charge in [-0.1, -0.05) is 18.2 Å². The average molecular weight is 381 g/mol. The number of anilines is 1. The number of rotatable bonds is 4. The number of ether oxygens (including phenoxy) is 1. The van der Waals surface area contributed by atoms with Gasteiger partial charge in [0.2, 0.25) is 0 Å². The number of hydrogen-bond donors (Lipinski definition) is 1. The van der Waals surface area contributed by atoms with Crippen LogP contribution in [0.25, 0.3) is 0 Å². The molecule has 0 unspecified atom stereocenters. The van der Waals surface area contributed by atoms with Crippen LogP contribution in [0.15, 0.2) is 48.5 Å². The van der Waals surface area contributed by atoms with Crippen molar-refractivity contribution in [1.29, 1.82) is 0 Å². The van der Waals surface area contributed by atoms with E-state index in [1.165, 1.54) is 0 Å². The topological polar surface area (TPSA) is 38.3 Å². The highest BCUT2D eigenvalue weighted by Crippen LogP contribution is 2.17. The molecule has 1 atom stereocenters. The Morgan fingerprint density at radius 3 is 2.45 bits per heavy atom. The van der Waals surface area contributed by atoms with Crippen molar-refractivity contribution in [2.24, 2.45) is 0 Å². The summed E-state index contributed by atoms with van der Waals surface area (Å²) in [4.78, 5) is 12.1. The molecule has 0 saturated carbocycles. The van der Waals surface area contributed by atoms with Gasteiger partial charge in [-0.2, -0.15) is 0 Å². The molecule has 0 bridgehead atoms. The third-order valence-corrected chi connectivity index (χ3v) is 3.62. The average Bonchev–Trinajstić information content (AvgIpc) is 2.44. The van der Waals surface area contributed by atoms with Gasteiger partial charge in [0.1, 0.15) is 5.75 Å². The molecular weight excluding hydrogens is 365 g/mol. The highest BCUT2D eigenvalue weighted by molar-refractivity contribution is 14.1. The number of para-hydroxylation sites is 1. The van der Waals surface area contributed by atoms with Gasteiger partial charge in [-0.25, -0.2) is 0 Å². The van der Waals surface area contributed by atoms with Gasteiger partial charge in [0.05, 0.1) is 0 Å². The van der Waals surface area contributed by atoms with Crippen LogP contribution in [0.2, 0.25) is 0 Å². The lowest BCUT2D eigenvalue weighted by molar-refractivity contribution is -0.122. The Bertz CT molecular complexity index is 596. The van der Waals surface area contributed by atoms with Crippen LogP contribution in [-0.2, 0) is 4.79 Å². The summed E-state index contributed by atoms with van der Waals surface area (Å²) < 4.78 is 6.76. The van der Waals surface area contributed by atoms with Crippen molar-refractivity contribution >= 4 is 34.2 Å². The summed E-state index contributed by atoms with van der Waals surface area (Å²) in [6.07, 6.45) is -0.547. The number of nitrogens with one attached hydrogen (secondary N) is 1. The van der Waals surface area contributed by atoms with E-state index < -0.39 is 6.10 Å². The monoisotopic (exact) mass is 381 g/mol. The quantitative estimate of drug-likeness (QED) is 0.813. The number of aryl methyl sites for hydroxylation is 1. The molecule has 1 amide bonds. The molecule has 1 N–H and O–H groups in total. The molecule has 2 rings (SSSR count). The molecule has 0 saturated heterocycles. The third-order valence-electron chi connectivity index (χ3n) is 2.90. The molecule has 104 valence electrons. The fraction of sp³-hybridized carbons (Fsp3) is 0.188. The lowest BCUT2D eigenvalue weighted by Gasteiger charge is -2.15. The first-order valence-corrected chi connectivity index (χ1v) is 7.43. The molecule has 4 heteroatoms. The lowest BCUT2D eigenvalue weighted by atomic mass is 10.2. The van der Waals surface area contributed by atoms with Gasteiger partial charge in [-0.3, -0.25) is 4.79 Å². The van der Waals surface area contributed by atoms with Crippen molar-refractivity contribution < 1.29 is 9.53 Å². The summed E-state index contributed by atoms with van der Waals surface area (Å²) in [6, 6.07) is 15.3. The van der Waals surface area contributed by atoms with Gasteiger partial charge < -0.3 is 10.1 Å². The lowest BCUT2D eigenvalue weighted by Crippen LogP contribution is -2.30. The Morgan fingerprint density at radius 1 is 1.15 bits per heavy atom. The van der Waals surface area contributed by atoms with Crippen molar-refractivity contribution in [3.05, 3.63) is 57.7 Å². The number of benzene rings is 2. The summed E-state index contributed by atoms with van der Waals surface area (Å²) >= 11 is 2.23. The smallest absolute Gasteiger partial charge is 0.265 e. The summed E-state index contributed by atoms with van der Waals surface area (Å²) in [5, 5.41) is 2.88. The second-order valence-corrected chi connectivity index (χ2v) is 5.76. The van der Waals surface area contributed by atoms with E-state index >= 15 is 0 Å². The molecular formula is C16H16INO2. The summed E-state index contributed by atoms with van der Waals surface area (Å²) in [5.74, 6) is 0.538. The largest absolute Gasteiger partial charge is 0.481 e. The zero-order valence-electron chi connectivity index (χ0n) is 11.4. The van der Waals surface area contributed by atoms with Crippen molar-refractivity contribution in [2.75, 3.05) is 5.32 Å². The number of amides is 1. The first kappa shape index (κ1) is 14.8. The summed E-state index contributed by atoms with van der Waals surface area (Å²) in [5.41, 5.74) is 1.85. The molecule has 3 nitrogen and oxygen atoms in total. The van der Waals surface area contributed by atoms with Crippen LogP contribution < -0.4 is 10.1 Å². The Hall–Kier alpha value is -1.56. The van der Waals surface area contributed by atoms with Crippen LogP contribution in [0, 0.1) is 10.5 Å². The summed E-state index contributed by atoms with van der Waals surface area (Å²) in [6.45, 7) is 3.70. The molecule has 0 aliphatic carbocycles. The zero-order valence-corrected chi connectivity index (χ0v) is 13.5. The number of carbonyl (C=O) groups is 1. The minimum Gasteiger partial charge on any atom is -0.481 e. The van der Waals surface area contributed by atoms with Crippen molar-refractivity contribution in [1.82, 2.24) is 0 Å². The molecule has 0 aliphatic rings. The number of halogens is 1. The van der Waals surface area contributed by atoms with Crippen molar-refractivity contribution in [3.8, 4) is 5.75 Å². The van der Waals surface area contributed by atoms with E-state index in [2.05, 4.69) is 27.9 Å². The van der Waals surface area contributed by atoms with E-state index in [9.17, 15) is 4.79 Å². The van der Waals surface area contributed by atoms with Crippen LogP contribution in [0.1, 0.15) is 12.5 Å². The Balaban J connectivity index is 1.99. The van der Waals surface area contributed by atoms with E-state index in [-0.39, 0.29) is 5.91 Å². The van der Waals surface area contributed by atoms with Gasteiger partial charge in [0.15, 0.2) is 6.10 Å². The van der Waals surface area contributed by atoms with E-state index in [0.29, 0.717) is 5.75 Å². The normalized spacial score (nSPS) is 11.8. The molecule has 0 fully saturated rings. The predicted octanol–water partition coefficient (Wildman–Crippen LogP) is 4.01. The molecule has 0 aromatic heterocycles. The predicted molar refractivity (Wildman–Crippen MR) is 89.1 cm³/mol. The number of carbonyl (C=O) groups excluding carboxylic acids is 1. The SMILES string of the molecule is Cc1ccccc1NC(=O)[C@@H](C)Oc1ccc(I)cc1. The molecule has 0 aliphatic heterocycles. The molecule has 20 heavy (non-hydrogen) atoms. The highest BCUT2D eigenvalue weighted by atomic mass is 127. The minimum atomic E-state index is -0.547. The van der Waals surface area contributed by atoms with Crippen LogP contribution in [-0.4, -0.2) is 12.0 Å². The number of hydrogen-bond acceptors (Lipinski definition) is 2. The second kappa shape index (κ2) is 6.74. The zero-order chi connectivity index (χ0) is 14.5. The van der Waals surface area contributed by atoms with Gasteiger partial charge in [-0.15, -0.1) is 0 Å². The van der Waals surface area contributed by atoms with Gasteiger partial charge in [0, 0.05) is 9.26 Å². The van der Waals surface area contributed by atoms with Crippen molar-refractivity contribution in [2.45, 2.75) is 20.0 Å². The van der Waals surface area contributed by atoms with Crippen LogP contribution >= 0.6 is 22.6 Å². The first-order chi connectivity index (χ1) is 9.56. The van der Waals surface area contributed by atoms with Crippen LogP contribution in [0.5, 0.6) is 5.75 Å². The third kappa shape index (κ3) is 3.96. The van der Waals surface area contributed by atoms with Gasteiger partial charge >= 0.3 is 0 Å². The van der Waals surface area contributed by atoms with Gasteiger partial charge in [-0.05, 0) is 72.3 Å². The van der Waals surface area contributed by atoms with E-state index in [1.54, 1.807) is 6.92 Å². The maximum Gasteiger partial charge on any atom is 0.265 e. The molecule has 2 aromatic rings. The van der Waals surface area contributed by atoms with Crippen LogP contribution in [0.4, 0.5) is 5.69 Å². The Morgan fingerprint density at radius 2 is 1.80 bits per heavy atom. The van der Waals surface area contributed by atoms with E-state index in [1.807, 2.05) is 55.5 Å². The molecule has 2 aromatic carbocycles. The van der Waals surface area contributed by atoms with Crippen molar-refractivity contribution in [3.63, 3.8) is 0 Å². The first-order valence-electron chi connectivity index (χ1n) is 6.35. The maximum atomic E-state index is 12.1. The Labute approximate surface area is 132 Å². The molecule has 0 spiro atoms. The fourth-order valence-electron chi connectivity index (χ4n) is 1.72. The summed E-state index contributed by atoms with van der Waals surface area (Å²) in [7, 11) is 0.